The van der Waals surface area contributed by atoms with Crippen molar-refractivity contribution >= 4 is 0 Å². The summed E-state index contributed by atoms with van der Waals surface area (Å²) in [6.45, 7) is 12.5. The van der Waals surface area contributed by atoms with E-state index in [4.69, 9.17) is 4.74 Å². The van der Waals surface area contributed by atoms with Crippen molar-refractivity contribution in [2.24, 2.45) is 5.92 Å². The summed E-state index contributed by atoms with van der Waals surface area (Å²) in [7, 11) is 1.75. The average Bonchev–Trinajstić information content (AvgIpc) is 2.94. The molecule has 0 saturated carbocycles. The number of hydrogen-bond acceptors (Lipinski definition) is 3. The average molecular weight is 290 g/mol. The van der Waals surface area contributed by atoms with Gasteiger partial charge in [0.15, 0.2) is 0 Å². The molecule has 2 unspecified atom stereocenters. The molecule has 1 saturated heterocycles. The molecular weight excluding hydrogens is 260 g/mol. The molecule has 118 valence electrons. The highest BCUT2D eigenvalue weighted by Crippen LogP contribution is 2.26. The number of hydrogen-bond donors (Lipinski definition) is 1. The maximum Gasteiger partial charge on any atom is 0.123 e. The first kappa shape index (κ1) is 16.3. The van der Waals surface area contributed by atoms with Crippen LogP contribution in [0.1, 0.15) is 44.4 Å². The second-order valence-electron chi connectivity index (χ2n) is 6.62. The smallest absolute Gasteiger partial charge is 0.123 e. The first-order valence-electron chi connectivity index (χ1n) is 8.13. The first-order valence-corrected chi connectivity index (χ1v) is 8.13. The van der Waals surface area contributed by atoms with Crippen molar-refractivity contribution in [3.63, 3.8) is 0 Å². The highest BCUT2D eigenvalue weighted by atomic mass is 16.5. The van der Waals surface area contributed by atoms with Crippen LogP contribution in [0.3, 0.4) is 0 Å². The number of aryl methyl sites for hydroxylation is 1. The zero-order chi connectivity index (χ0) is 15.4. The van der Waals surface area contributed by atoms with Gasteiger partial charge in [0.1, 0.15) is 5.75 Å². The van der Waals surface area contributed by atoms with E-state index >= 15 is 0 Å². The Kier molecular flexibility index (Phi) is 5.65. The molecule has 2 rings (SSSR count). The van der Waals surface area contributed by atoms with E-state index in [-0.39, 0.29) is 0 Å². The molecule has 1 aliphatic heterocycles. The van der Waals surface area contributed by atoms with Gasteiger partial charge in [-0.25, -0.2) is 0 Å². The summed E-state index contributed by atoms with van der Waals surface area (Å²) in [5.74, 6) is 1.75. The van der Waals surface area contributed by atoms with Crippen LogP contribution in [0.2, 0.25) is 0 Å². The first-order chi connectivity index (χ1) is 10.0. The third-order valence-corrected chi connectivity index (χ3v) is 4.61. The third kappa shape index (κ3) is 4.21. The van der Waals surface area contributed by atoms with Gasteiger partial charge in [0.25, 0.3) is 0 Å². The van der Waals surface area contributed by atoms with Crippen LogP contribution in [0.25, 0.3) is 0 Å². The maximum atomic E-state index is 5.49. The molecule has 1 heterocycles. The van der Waals surface area contributed by atoms with Gasteiger partial charge in [-0.05, 0) is 59.2 Å². The van der Waals surface area contributed by atoms with E-state index < -0.39 is 0 Å². The lowest BCUT2D eigenvalue weighted by atomic mass is 10.0. The second kappa shape index (κ2) is 7.28. The predicted molar refractivity (Wildman–Crippen MR) is 89.0 cm³/mol. The van der Waals surface area contributed by atoms with Crippen LogP contribution in [0, 0.1) is 12.8 Å². The van der Waals surface area contributed by atoms with Gasteiger partial charge in [0, 0.05) is 24.2 Å². The Labute approximate surface area is 129 Å². The molecule has 0 aromatic heterocycles. The van der Waals surface area contributed by atoms with E-state index in [1.807, 2.05) is 0 Å². The van der Waals surface area contributed by atoms with E-state index in [1.165, 1.54) is 30.6 Å². The number of rotatable bonds is 6. The molecule has 3 nitrogen and oxygen atoms in total. The van der Waals surface area contributed by atoms with Gasteiger partial charge in [-0.3, -0.25) is 0 Å². The van der Waals surface area contributed by atoms with E-state index in [9.17, 15) is 0 Å². The number of nitrogens with zero attached hydrogens (tertiary/aromatic N) is 1. The molecule has 2 atom stereocenters. The molecular formula is C18H30N2O. The summed E-state index contributed by atoms with van der Waals surface area (Å²) < 4.78 is 5.49. The normalized spacial score (nSPS) is 21.0. The molecule has 1 N–H and O–H groups in total. The fourth-order valence-electron chi connectivity index (χ4n) is 3.14. The zero-order valence-corrected chi connectivity index (χ0v) is 14.1. The second-order valence-corrected chi connectivity index (χ2v) is 6.62. The van der Waals surface area contributed by atoms with Crippen molar-refractivity contribution in [2.75, 3.05) is 26.7 Å². The molecule has 0 spiro atoms. The number of likely N-dealkylation sites (tertiary alicyclic amines) is 1. The van der Waals surface area contributed by atoms with Crippen LogP contribution in [0.4, 0.5) is 0 Å². The molecule has 21 heavy (non-hydrogen) atoms. The van der Waals surface area contributed by atoms with Crippen LogP contribution in [0.15, 0.2) is 18.2 Å². The molecule has 0 bridgehead atoms. The number of ether oxygens (including phenoxy) is 1. The summed E-state index contributed by atoms with van der Waals surface area (Å²) in [5, 5.41) is 3.70. The van der Waals surface area contributed by atoms with E-state index in [1.54, 1.807) is 7.11 Å². The lowest BCUT2D eigenvalue weighted by Gasteiger charge is -2.22. The van der Waals surface area contributed by atoms with Crippen molar-refractivity contribution in [1.82, 2.24) is 10.2 Å². The van der Waals surface area contributed by atoms with Crippen molar-refractivity contribution in [1.29, 1.82) is 0 Å². The van der Waals surface area contributed by atoms with Crippen molar-refractivity contribution < 1.29 is 4.74 Å². The molecule has 1 fully saturated rings. The van der Waals surface area contributed by atoms with Crippen molar-refractivity contribution in [3.8, 4) is 5.75 Å². The highest BCUT2D eigenvalue weighted by Gasteiger charge is 2.24. The molecule has 0 amide bonds. The Bertz CT molecular complexity index is 459. The molecule has 0 radical (unpaired) electrons. The van der Waals surface area contributed by atoms with Crippen molar-refractivity contribution in [2.45, 2.75) is 46.2 Å². The van der Waals surface area contributed by atoms with Gasteiger partial charge in [-0.15, -0.1) is 0 Å². The topological polar surface area (TPSA) is 24.5 Å². The van der Waals surface area contributed by atoms with Crippen molar-refractivity contribution in [3.05, 3.63) is 29.3 Å². The summed E-state index contributed by atoms with van der Waals surface area (Å²) in [4.78, 5) is 2.57. The van der Waals surface area contributed by atoms with E-state index in [0.29, 0.717) is 12.1 Å². The fourth-order valence-corrected chi connectivity index (χ4v) is 3.14. The van der Waals surface area contributed by atoms with Gasteiger partial charge >= 0.3 is 0 Å². The summed E-state index contributed by atoms with van der Waals surface area (Å²) in [5.41, 5.74) is 2.54. The molecule has 3 heteroatoms. The van der Waals surface area contributed by atoms with Gasteiger partial charge in [-0.2, -0.15) is 0 Å². The predicted octanol–water partition coefficient (Wildman–Crippen LogP) is 3.38. The minimum absolute atomic E-state index is 0.327. The zero-order valence-electron chi connectivity index (χ0n) is 14.1. The molecule has 1 aliphatic rings. The Morgan fingerprint density at radius 3 is 2.71 bits per heavy atom. The minimum atomic E-state index is 0.327. The number of methoxy groups -OCH3 is 1. The quantitative estimate of drug-likeness (QED) is 0.869. The standard InChI is InChI=1S/C18H30N2O/c1-13(2)20-9-8-16(12-20)11-19-15(4)17-10-14(3)6-7-18(17)21-5/h6-7,10,13,15-16,19H,8-9,11-12H2,1-5H3. The lowest BCUT2D eigenvalue weighted by Crippen LogP contribution is -2.31. The Morgan fingerprint density at radius 1 is 1.33 bits per heavy atom. The van der Waals surface area contributed by atoms with Gasteiger partial charge in [-0.1, -0.05) is 17.7 Å². The Morgan fingerprint density at radius 2 is 2.10 bits per heavy atom. The van der Waals surface area contributed by atoms with Crippen LogP contribution in [-0.4, -0.2) is 37.7 Å². The SMILES string of the molecule is COc1ccc(C)cc1C(C)NCC1CCN(C(C)C)C1. The Hall–Kier alpha value is -1.06. The van der Waals surface area contributed by atoms with Gasteiger partial charge in [0.05, 0.1) is 7.11 Å². The number of nitrogens with one attached hydrogen (secondary N) is 1. The molecule has 0 aliphatic carbocycles. The maximum absolute atomic E-state index is 5.49. The monoisotopic (exact) mass is 290 g/mol. The summed E-state index contributed by atoms with van der Waals surface area (Å²) >= 11 is 0. The van der Waals surface area contributed by atoms with Crippen LogP contribution < -0.4 is 10.1 Å². The Balaban J connectivity index is 1.90. The molecule has 1 aromatic rings. The fraction of sp³-hybridized carbons (Fsp3) is 0.667. The summed E-state index contributed by atoms with van der Waals surface area (Å²) in [6, 6.07) is 7.40. The van der Waals surface area contributed by atoms with E-state index in [2.05, 4.69) is 56.1 Å². The lowest BCUT2D eigenvalue weighted by molar-refractivity contribution is 0.263. The largest absolute Gasteiger partial charge is 0.496 e. The van der Waals surface area contributed by atoms with Crippen LogP contribution >= 0.6 is 0 Å². The van der Waals surface area contributed by atoms with Gasteiger partial charge < -0.3 is 15.0 Å². The molecule has 1 aromatic carbocycles. The minimum Gasteiger partial charge on any atom is -0.496 e. The van der Waals surface area contributed by atoms with Crippen LogP contribution in [0.5, 0.6) is 5.75 Å². The summed E-state index contributed by atoms with van der Waals surface area (Å²) in [6.07, 6.45) is 1.31. The third-order valence-electron chi connectivity index (χ3n) is 4.61. The van der Waals surface area contributed by atoms with Crippen LogP contribution in [-0.2, 0) is 0 Å². The van der Waals surface area contributed by atoms with E-state index in [0.717, 1.165) is 18.2 Å². The van der Waals surface area contributed by atoms with Gasteiger partial charge in [0.2, 0.25) is 0 Å². The number of benzene rings is 1. The highest BCUT2D eigenvalue weighted by molar-refractivity contribution is 5.38.